The molecule has 0 aliphatic heterocycles. The van der Waals surface area contributed by atoms with Crippen molar-refractivity contribution in [2.24, 2.45) is 11.8 Å². The summed E-state index contributed by atoms with van der Waals surface area (Å²) in [5.41, 5.74) is 0. The molecule has 0 heterocycles. The standard InChI is InChI=1S/C20H41NO.C2H6/c1-4-5-7-12-18(2)17-20(21-3)22-16-11-10-15-19-13-8-6-9-14-19;1-2/h18-21H,4-17H2,1-3H3;1-2H3. The average Bonchev–Trinajstić information content (AvgIpc) is 2.63. The maximum atomic E-state index is 6.05. The molecular weight excluding hydrogens is 294 g/mol. The fourth-order valence-electron chi connectivity index (χ4n) is 3.73. The monoisotopic (exact) mass is 341 g/mol. The van der Waals surface area contributed by atoms with Crippen molar-refractivity contribution in [1.82, 2.24) is 5.32 Å². The van der Waals surface area contributed by atoms with Gasteiger partial charge in [0.15, 0.2) is 0 Å². The first kappa shape index (κ1) is 23.9. The van der Waals surface area contributed by atoms with Crippen LogP contribution in [0.3, 0.4) is 0 Å². The molecule has 1 aliphatic rings. The van der Waals surface area contributed by atoms with Gasteiger partial charge in [0.05, 0.1) is 0 Å². The number of nitrogens with one attached hydrogen (secondary N) is 1. The first-order valence-electron chi connectivity index (χ1n) is 11.0. The Balaban J connectivity index is 0.00000254. The molecule has 0 radical (unpaired) electrons. The lowest BCUT2D eigenvalue weighted by Crippen LogP contribution is -2.30. The van der Waals surface area contributed by atoms with E-state index in [1.807, 2.05) is 20.9 Å². The van der Waals surface area contributed by atoms with Crippen LogP contribution in [-0.4, -0.2) is 19.9 Å². The van der Waals surface area contributed by atoms with Crippen LogP contribution < -0.4 is 5.32 Å². The van der Waals surface area contributed by atoms with Crippen LogP contribution in [0.2, 0.25) is 0 Å². The van der Waals surface area contributed by atoms with Gasteiger partial charge in [0, 0.05) is 6.61 Å². The first-order valence-corrected chi connectivity index (χ1v) is 11.0. The van der Waals surface area contributed by atoms with E-state index in [1.54, 1.807) is 0 Å². The molecule has 0 amide bonds. The van der Waals surface area contributed by atoms with Crippen molar-refractivity contribution in [3.05, 3.63) is 0 Å². The Morgan fingerprint density at radius 3 is 2.33 bits per heavy atom. The lowest BCUT2D eigenvalue weighted by Gasteiger charge is -2.22. The minimum Gasteiger partial charge on any atom is -0.363 e. The Morgan fingerprint density at radius 2 is 1.71 bits per heavy atom. The van der Waals surface area contributed by atoms with E-state index in [2.05, 4.69) is 19.2 Å². The molecule has 1 rings (SSSR count). The molecule has 1 fully saturated rings. The summed E-state index contributed by atoms with van der Waals surface area (Å²) in [5, 5.41) is 3.34. The van der Waals surface area contributed by atoms with Crippen molar-refractivity contribution < 1.29 is 4.74 Å². The zero-order chi connectivity index (χ0) is 18.0. The second kappa shape index (κ2) is 17.7. The summed E-state index contributed by atoms with van der Waals surface area (Å²) in [4.78, 5) is 0. The van der Waals surface area contributed by atoms with E-state index in [4.69, 9.17) is 4.74 Å². The normalized spacial score (nSPS) is 17.9. The van der Waals surface area contributed by atoms with Crippen molar-refractivity contribution in [2.45, 2.75) is 117 Å². The van der Waals surface area contributed by atoms with Crippen LogP contribution in [0.5, 0.6) is 0 Å². The lowest BCUT2D eigenvalue weighted by atomic mass is 9.86. The molecule has 1 aliphatic carbocycles. The molecule has 2 unspecified atom stereocenters. The molecule has 146 valence electrons. The first-order chi connectivity index (χ1) is 11.8. The third kappa shape index (κ3) is 13.2. The number of ether oxygens (including phenoxy) is 1. The van der Waals surface area contributed by atoms with E-state index in [-0.39, 0.29) is 6.23 Å². The van der Waals surface area contributed by atoms with Gasteiger partial charge in [0.2, 0.25) is 0 Å². The number of hydrogen-bond acceptors (Lipinski definition) is 2. The van der Waals surface area contributed by atoms with Crippen LogP contribution in [0.25, 0.3) is 0 Å². The number of rotatable bonds is 13. The molecule has 1 saturated carbocycles. The van der Waals surface area contributed by atoms with Crippen LogP contribution in [0.1, 0.15) is 111 Å². The minimum absolute atomic E-state index is 0.256. The minimum atomic E-state index is 0.256. The van der Waals surface area contributed by atoms with Gasteiger partial charge in [-0.25, -0.2) is 0 Å². The fraction of sp³-hybridized carbons (Fsp3) is 1.00. The highest BCUT2D eigenvalue weighted by Crippen LogP contribution is 2.27. The molecule has 2 heteroatoms. The molecule has 0 spiro atoms. The van der Waals surface area contributed by atoms with Crippen LogP contribution in [0.4, 0.5) is 0 Å². The van der Waals surface area contributed by atoms with E-state index in [1.165, 1.54) is 77.0 Å². The maximum Gasteiger partial charge on any atom is 0.108 e. The van der Waals surface area contributed by atoms with Crippen molar-refractivity contribution in [2.75, 3.05) is 13.7 Å². The van der Waals surface area contributed by atoms with Crippen molar-refractivity contribution in [3.63, 3.8) is 0 Å². The summed E-state index contributed by atoms with van der Waals surface area (Å²) in [7, 11) is 2.03. The highest BCUT2D eigenvalue weighted by molar-refractivity contribution is 4.66. The van der Waals surface area contributed by atoms with Crippen molar-refractivity contribution in [3.8, 4) is 0 Å². The Hall–Kier alpha value is -0.0800. The largest absolute Gasteiger partial charge is 0.363 e. The van der Waals surface area contributed by atoms with E-state index >= 15 is 0 Å². The van der Waals surface area contributed by atoms with Gasteiger partial charge in [-0.1, -0.05) is 98.3 Å². The SMILES string of the molecule is CC.CCCCCC(C)CC(NC)OCCCCC1CCCCC1. The highest BCUT2D eigenvalue weighted by atomic mass is 16.5. The van der Waals surface area contributed by atoms with Gasteiger partial charge in [-0.15, -0.1) is 0 Å². The molecule has 1 N–H and O–H groups in total. The zero-order valence-corrected chi connectivity index (χ0v) is 17.5. The molecule has 0 bridgehead atoms. The van der Waals surface area contributed by atoms with E-state index in [0.29, 0.717) is 0 Å². The summed E-state index contributed by atoms with van der Waals surface area (Å²) < 4.78 is 6.05. The van der Waals surface area contributed by atoms with E-state index in [9.17, 15) is 0 Å². The van der Waals surface area contributed by atoms with Gasteiger partial charge in [0.1, 0.15) is 6.23 Å². The maximum absolute atomic E-state index is 6.05. The van der Waals surface area contributed by atoms with Gasteiger partial charge in [-0.2, -0.15) is 0 Å². The fourth-order valence-corrected chi connectivity index (χ4v) is 3.73. The van der Waals surface area contributed by atoms with Crippen molar-refractivity contribution >= 4 is 0 Å². The van der Waals surface area contributed by atoms with Gasteiger partial charge >= 0.3 is 0 Å². The quantitative estimate of drug-likeness (QED) is 0.289. The molecule has 0 aromatic heterocycles. The van der Waals surface area contributed by atoms with Crippen LogP contribution in [0.15, 0.2) is 0 Å². The van der Waals surface area contributed by atoms with Gasteiger partial charge in [-0.3, -0.25) is 5.32 Å². The van der Waals surface area contributed by atoms with Gasteiger partial charge in [-0.05, 0) is 31.7 Å². The van der Waals surface area contributed by atoms with Gasteiger partial charge < -0.3 is 4.74 Å². The Labute approximate surface area is 153 Å². The lowest BCUT2D eigenvalue weighted by molar-refractivity contribution is 0.0163. The molecule has 0 aromatic rings. The molecule has 2 nitrogen and oxygen atoms in total. The Bertz CT molecular complexity index is 238. The third-order valence-electron chi connectivity index (χ3n) is 5.29. The topological polar surface area (TPSA) is 21.3 Å². The molecule has 0 aromatic carbocycles. The Morgan fingerprint density at radius 1 is 1.00 bits per heavy atom. The summed E-state index contributed by atoms with van der Waals surface area (Å²) in [6, 6.07) is 0. The summed E-state index contributed by atoms with van der Waals surface area (Å²) in [6.07, 6.45) is 18.2. The third-order valence-corrected chi connectivity index (χ3v) is 5.29. The van der Waals surface area contributed by atoms with Crippen LogP contribution in [-0.2, 0) is 4.74 Å². The predicted octanol–water partition coefficient (Wildman–Crippen LogP) is 6.93. The molecule has 2 atom stereocenters. The zero-order valence-electron chi connectivity index (χ0n) is 17.5. The molecule has 24 heavy (non-hydrogen) atoms. The molecule has 0 saturated heterocycles. The smallest absolute Gasteiger partial charge is 0.108 e. The van der Waals surface area contributed by atoms with E-state index in [0.717, 1.165) is 24.9 Å². The highest BCUT2D eigenvalue weighted by Gasteiger charge is 2.14. The number of unbranched alkanes of at least 4 members (excludes halogenated alkanes) is 3. The average molecular weight is 342 g/mol. The predicted molar refractivity (Wildman–Crippen MR) is 108 cm³/mol. The number of hydrogen-bond donors (Lipinski definition) is 1. The summed E-state index contributed by atoms with van der Waals surface area (Å²) >= 11 is 0. The Kier molecular flexibility index (Phi) is 17.7. The summed E-state index contributed by atoms with van der Waals surface area (Å²) in [6.45, 7) is 9.57. The molecular formula is C22H47NO. The van der Waals surface area contributed by atoms with Crippen LogP contribution in [0, 0.1) is 11.8 Å². The summed E-state index contributed by atoms with van der Waals surface area (Å²) in [5.74, 6) is 1.79. The van der Waals surface area contributed by atoms with Crippen LogP contribution >= 0.6 is 0 Å². The van der Waals surface area contributed by atoms with E-state index < -0.39 is 0 Å². The van der Waals surface area contributed by atoms with Crippen molar-refractivity contribution in [1.29, 1.82) is 0 Å². The second-order valence-corrected chi connectivity index (χ2v) is 7.48. The van der Waals surface area contributed by atoms with Gasteiger partial charge in [0.25, 0.3) is 0 Å². The second-order valence-electron chi connectivity index (χ2n) is 7.48.